The molecule has 0 aliphatic carbocycles. The number of nitrogens with zero attached hydrogens (tertiary/aromatic N) is 1. The Morgan fingerprint density at radius 3 is 2.36 bits per heavy atom. The van der Waals surface area contributed by atoms with E-state index in [1.807, 2.05) is 6.92 Å². The number of nitrogens with one attached hydrogen (secondary N) is 2. The van der Waals surface area contributed by atoms with E-state index in [4.69, 9.17) is 27.9 Å². The van der Waals surface area contributed by atoms with Crippen molar-refractivity contribution >= 4 is 34.8 Å². The lowest BCUT2D eigenvalue weighted by atomic mass is 10.2. The molecule has 1 heterocycles. The Kier molecular flexibility index (Phi) is 5.87. The van der Waals surface area contributed by atoms with Gasteiger partial charge in [-0.25, -0.2) is 9.36 Å². The molecule has 144 valence electrons. The number of carbonyl (C=O) groups is 1. The molecular formula is C19H15Cl2N3O4. The van der Waals surface area contributed by atoms with E-state index in [9.17, 15) is 14.4 Å². The first-order valence-electron chi connectivity index (χ1n) is 8.24. The predicted molar refractivity (Wildman–Crippen MR) is 108 cm³/mol. The van der Waals surface area contributed by atoms with Crippen molar-refractivity contribution in [3.05, 3.63) is 85.1 Å². The molecule has 0 bridgehead atoms. The summed E-state index contributed by atoms with van der Waals surface area (Å²) in [4.78, 5) is 39.9. The van der Waals surface area contributed by atoms with Crippen LogP contribution in [0.2, 0.25) is 10.0 Å². The molecule has 0 aliphatic heterocycles. The maximum Gasteiger partial charge on any atom is 0.333 e. The lowest BCUT2D eigenvalue weighted by Gasteiger charge is -2.09. The summed E-state index contributed by atoms with van der Waals surface area (Å²) in [6, 6.07) is 10.9. The van der Waals surface area contributed by atoms with Crippen LogP contribution in [0.25, 0.3) is 5.69 Å². The molecule has 28 heavy (non-hydrogen) atoms. The molecular weight excluding hydrogens is 405 g/mol. The summed E-state index contributed by atoms with van der Waals surface area (Å²) in [6.07, 6.45) is 1.07. The number of carbonyl (C=O) groups excluding carboxylic acids is 1. The van der Waals surface area contributed by atoms with Gasteiger partial charge in [0.1, 0.15) is 11.3 Å². The van der Waals surface area contributed by atoms with Gasteiger partial charge in [0, 0.05) is 21.9 Å². The summed E-state index contributed by atoms with van der Waals surface area (Å²) in [5, 5.41) is 3.20. The third kappa shape index (κ3) is 4.27. The molecule has 2 N–H and O–H groups in total. The smallest absolute Gasteiger partial charge is 0.333 e. The molecule has 7 nitrogen and oxygen atoms in total. The molecule has 0 saturated carbocycles. The van der Waals surface area contributed by atoms with Crippen molar-refractivity contribution in [1.82, 2.24) is 9.55 Å². The highest BCUT2D eigenvalue weighted by atomic mass is 35.5. The SMILES string of the molecule is CCOc1ccc(-n2c(=O)[nH]cc(C(=O)Nc3cc(Cl)cc(Cl)c3)c2=O)cc1. The average Bonchev–Trinajstić information content (AvgIpc) is 2.62. The minimum atomic E-state index is -0.765. The van der Waals surface area contributed by atoms with Crippen LogP contribution >= 0.6 is 23.2 Å². The number of halogens is 2. The Bertz CT molecular complexity index is 1120. The molecule has 0 aliphatic rings. The van der Waals surface area contributed by atoms with Crippen LogP contribution in [0.5, 0.6) is 5.75 Å². The van der Waals surface area contributed by atoms with Gasteiger partial charge in [-0.15, -0.1) is 0 Å². The quantitative estimate of drug-likeness (QED) is 0.661. The van der Waals surface area contributed by atoms with Crippen LogP contribution in [-0.4, -0.2) is 22.1 Å². The van der Waals surface area contributed by atoms with Crippen LogP contribution in [0.4, 0.5) is 5.69 Å². The third-order valence-corrected chi connectivity index (χ3v) is 4.18. The number of hydrogen-bond donors (Lipinski definition) is 2. The molecule has 0 fully saturated rings. The summed E-state index contributed by atoms with van der Waals surface area (Å²) in [5.74, 6) is -0.110. The topological polar surface area (TPSA) is 93.2 Å². The second kappa shape index (κ2) is 8.33. The zero-order chi connectivity index (χ0) is 20.3. The fraction of sp³-hybridized carbons (Fsp3) is 0.105. The van der Waals surface area contributed by atoms with Crippen LogP contribution in [0.15, 0.2) is 58.3 Å². The van der Waals surface area contributed by atoms with Crippen molar-refractivity contribution in [3.63, 3.8) is 0 Å². The third-order valence-electron chi connectivity index (χ3n) is 3.75. The monoisotopic (exact) mass is 419 g/mol. The van der Waals surface area contributed by atoms with Gasteiger partial charge in [-0.3, -0.25) is 9.59 Å². The van der Waals surface area contributed by atoms with E-state index in [2.05, 4.69) is 10.3 Å². The van der Waals surface area contributed by atoms with Gasteiger partial charge < -0.3 is 15.0 Å². The van der Waals surface area contributed by atoms with E-state index in [0.29, 0.717) is 33.8 Å². The van der Waals surface area contributed by atoms with Gasteiger partial charge in [0.05, 0.1) is 12.3 Å². The Labute approximate surface area is 169 Å². The van der Waals surface area contributed by atoms with Gasteiger partial charge in [-0.05, 0) is 49.4 Å². The number of aromatic amines is 1. The van der Waals surface area contributed by atoms with Crippen molar-refractivity contribution in [3.8, 4) is 11.4 Å². The Balaban J connectivity index is 1.97. The fourth-order valence-corrected chi connectivity index (χ4v) is 3.08. The summed E-state index contributed by atoms with van der Waals surface area (Å²) in [6.45, 7) is 2.33. The van der Waals surface area contributed by atoms with Gasteiger partial charge in [0.15, 0.2) is 0 Å². The minimum Gasteiger partial charge on any atom is -0.494 e. The van der Waals surface area contributed by atoms with Gasteiger partial charge >= 0.3 is 5.69 Å². The van der Waals surface area contributed by atoms with Crippen molar-refractivity contribution in [2.75, 3.05) is 11.9 Å². The van der Waals surface area contributed by atoms with Crippen molar-refractivity contribution in [2.45, 2.75) is 6.92 Å². The number of ether oxygens (including phenoxy) is 1. The number of anilines is 1. The van der Waals surface area contributed by atoms with Crippen LogP contribution < -0.4 is 21.3 Å². The number of aromatic nitrogens is 2. The second-order valence-electron chi connectivity index (χ2n) is 5.69. The molecule has 0 atom stereocenters. The Morgan fingerprint density at radius 1 is 1.11 bits per heavy atom. The summed E-state index contributed by atoms with van der Waals surface area (Å²) in [5.41, 5.74) is -1.06. The Morgan fingerprint density at radius 2 is 1.75 bits per heavy atom. The standard InChI is InChI=1S/C19H15Cl2N3O4/c1-2-28-15-5-3-14(4-6-15)24-18(26)16(10-22-19(24)27)17(25)23-13-8-11(20)7-12(21)9-13/h3-10H,2H2,1H3,(H,22,27)(H,23,25). The molecule has 9 heteroatoms. The minimum absolute atomic E-state index is 0.246. The molecule has 2 aromatic carbocycles. The van der Waals surface area contributed by atoms with Crippen molar-refractivity contribution in [2.24, 2.45) is 0 Å². The molecule has 0 radical (unpaired) electrons. The molecule has 1 aromatic heterocycles. The first-order chi connectivity index (χ1) is 13.4. The van der Waals surface area contributed by atoms with Crippen LogP contribution in [0.3, 0.4) is 0 Å². The molecule has 0 spiro atoms. The maximum absolute atomic E-state index is 12.8. The summed E-state index contributed by atoms with van der Waals surface area (Å²) >= 11 is 11.8. The number of amides is 1. The van der Waals surface area contributed by atoms with Crippen molar-refractivity contribution in [1.29, 1.82) is 0 Å². The lowest BCUT2D eigenvalue weighted by molar-refractivity contribution is 0.102. The van der Waals surface area contributed by atoms with E-state index in [0.717, 1.165) is 10.8 Å². The first-order valence-corrected chi connectivity index (χ1v) is 9.00. The zero-order valence-electron chi connectivity index (χ0n) is 14.7. The number of benzene rings is 2. The van der Waals surface area contributed by atoms with Crippen LogP contribution in [-0.2, 0) is 0 Å². The average molecular weight is 420 g/mol. The van der Waals surface area contributed by atoms with Gasteiger partial charge in [-0.1, -0.05) is 23.2 Å². The number of rotatable bonds is 5. The number of H-pyrrole nitrogens is 1. The second-order valence-corrected chi connectivity index (χ2v) is 6.56. The summed E-state index contributed by atoms with van der Waals surface area (Å²) < 4.78 is 6.22. The van der Waals surface area contributed by atoms with E-state index < -0.39 is 17.2 Å². The van der Waals surface area contributed by atoms with E-state index in [1.54, 1.807) is 24.3 Å². The maximum atomic E-state index is 12.8. The van der Waals surface area contributed by atoms with Crippen LogP contribution in [0, 0.1) is 0 Å². The summed E-state index contributed by atoms with van der Waals surface area (Å²) in [7, 11) is 0. The van der Waals surface area contributed by atoms with Gasteiger partial charge in [0.25, 0.3) is 11.5 Å². The Hall–Kier alpha value is -3.03. The number of hydrogen-bond acceptors (Lipinski definition) is 4. The van der Waals surface area contributed by atoms with E-state index >= 15 is 0 Å². The highest BCUT2D eigenvalue weighted by Gasteiger charge is 2.16. The molecule has 1 amide bonds. The van der Waals surface area contributed by atoms with E-state index in [1.165, 1.54) is 18.2 Å². The normalized spacial score (nSPS) is 10.5. The van der Waals surface area contributed by atoms with E-state index in [-0.39, 0.29) is 5.56 Å². The van der Waals surface area contributed by atoms with Crippen molar-refractivity contribution < 1.29 is 9.53 Å². The van der Waals surface area contributed by atoms with Gasteiger partial charge in [0.2, 0.25) is 0 Å². The van der Waals surface area contributed by atoms with Crippen LogP contribution in [0.1, 0.15) is 17.3 Å². The highest BCUT2D eigenvalue weighted by molar-refractivity contribution is 6.35. The zero-order valence-corrected chi connectivity index (χ0v) is 16.2. The molecule has 0 unspecified atom stereocenters. The lowest BCUT2D eigenvalue weighted by Crippen LogP contribution is -2.38. The van der Waals surface area contributed by atoms with Gasteiger partial charge in [-0.2, -0.15) is 0 Å². The first kappa shape index (κ1) is 19.7. The highest BCUT2D eigenvalue weighted by Crippen LogP contribution is 2.22. The molecule has 0 saturated heterocycles. The largest absolute Gasteiger partial charge is 0.494 e. The molecule has 3 rings (SSSR count). The molecule has 3 aromatic rings. The predicted octanol–water partition coefficient (Wildman–Crippen LogP) is 3.48. The fourth-order valence-electron chi connectivity index (χ4n) is 2.55.